The highest BCUT2D eigenvalue weighted by molar-refractivity contribution is 6.30. The lowest BCUT2D eigenvalue weighted by Gasteiger charge is -2.18. The van der Waals surface area contributed by atoms with Crippen LogP contribution in [0, 0.1) is 6.92 Å². The highest BCUT2D eigenvalue weighted by Crippen LogP contribution is 2.20. The Labute approximate surface area is 138 Å². The van der Waals surface area contributed by atoms with Crippen molar-refractivity contribution in [3.63, 3.8) is 0 Å². The van der Waals surface area contributed by atoms with E-state index in [-0.39, 0.29) is 18.7 Å². The Balaban J connectivity index is 2.08. The normalized spacial score (nSPS) is 11.8. The van der Waals surface area contributed by atoms with Gasteiger partial charge in [0.05, 0.1) is 31.7 Å². The molecule has 0 spiro atoms. The summed E-state index contributed by atoms with van der Waals surface area (Å²) in [6.45, 7) is 1.75. The highest BCUT2D eigenvalue weighted by atomic mass is 35.5. The van der Waals surface area contributed by atoms with Crippen LogP contribution in [0.25, 0.3) is 0 Å². The van der Waals surface area contributed by atoms with Gasteiger partial charge in [0, 0.05) is 11.1 Å². The van der Waals surface area contributed by atoms with Gasteiger partial charge in [-0.3, -0.25) is 9.59 Å². The summed E-state index contributed by atoms with van der Waals surface area (Å²) >= 11 is 5.87. The maximum absolute atomic E-state index is 12.2. The number of nitrogens with zero attached hydrogens (tertiary/aromatic N) is 1. The molecule has 23 heavy (non-hydrogen) atoms. The number of nitrogens with one attached hydrogen (secondary N) is 1. The zero-order chi connectivity index (χ0) is 16.8. The van der Waals surface area contributed by atoms with Gasteiger partial charge < -0.3 is 14.6 Å². The third-order valence-corrected chi connectivity index (χ3v) is 3.48. The maximum atomic E-state index is 12.2. The Morgan fingerprint density at radius 2 is 2.04 bits per heavy atom. The minimum Gasteiger partial charge on any atom is -0.469 e. The van der Waals surface area contributed by atoms with E-state index in [1.54, 1.807) is 37.3 Å². The van der Waals surface area contributed by atoms with Gasteiger partial charge in [0.2, 0.25) is 5.91 Å². The number of carbonyl (C=O) groups is 2. The molecular formula is C16H17ClN2O4. The molecule has 0 unspecified atom stereocenters. The Morgan fingerprint density at radius 3 is 2.61 bits per heavy atom. The van der Waals surface area contributed by atoms with Gasteiger partial charge >= 0.3 is 5.97 Å². The molecule has 0 aliphatic carbocycles. The fraction of sp³-hybridized carbons (Fsp3) is 0.312. The molecule has 6 nitrogen and oxygen atoms in total. The van der Waals surface area contributed by atoms with E-state index in [9.17, 15) is 9.59 Å². The molecule has 0 saturated carbocycles. The van der Waals surface area contributed by atoms with Crippen LogP contribution in [0.5, 0.6) is 0 Å². The van der Waals surface area contributed by atoms with Crippen molar-refractivity contribution in [2.45, 2.75) is 25.8 Å². The average Bonchev–Trinajstić information content (AvgIpc) is 2.92. The van der Waals surface area contributed by atoms with E-state index in [0.717, 1.165) is 5.56 Å². The number of hydrogen-bond acceptors (Lipinski definition) is 5. The van der Waals surface area contributed by atoms with Crippen LogP contribution in [0.4, 0.5) is 0 Å². The number of halogens is 1. The lowest BCUT2D eigenvalue weighted by molar-refractivity contribution is -0.141. The number of esters is 1. The Bertz CT molecular complexity index is 682. The average molecular weight is 337 g/mol. The van der Waals surface area contributed by atoms with E-state index in [2.05, 4.69) is 15.2 Å². The second-order valence-electron chi connectivity index (χ2n) is 5.06. The van der Waals surface area contributed by atoms with E-state index in [1.165, 1.54) is 7.11 Å². The molecule has 1 heterocycles. The number of carbonyl (C=O) groups excluding carboxylic acids is 2. The molecule has 1 aromatic heterocycles. The summed E-state index contributed by atoms with van der Waals surface area (Å²) in [6, 6.07) is 8.12. The van der Waals surface area contributed by atoms with Crippen LogP contribution < -0.4 is 5.32 Å². The van der Waals surface area contributed by atoms with Crippen LogP contribution >= 0.6 is 11.6 Å². The Hall–Kier alpha value is -2.34. The SMILES string of the molecule is COC(=O)C[C@@H](NC(=O)Cc1cc(C)on1)c1ccc(Cl)cc1. The maximum Gasteiger partial charge on any atom is 0.307 e. The van der Waals surface area contributed by atoms with Crippen LogP contribution in [0.2, 0.25) is 5.02 Å². The first-order valence-electron chi connectivity index (χ1n) is 7.01. The van der Waals surface area contributed by atoms with Gasteiger partial charge in [-0.15, -0.1) is 0 Å². The predicted octanol–water partition coefficient (Wildman–Crippen LogP) is 2.60. The number of aryl methyl sites for hydroxylation is 1. The van der Waals surface area contributed by atoms with E-state index in [1.807, 2.05) is 0 Å². The molecule has 2 aromatic rings. The number of methoxy groups -OCH3 is 1. The Morgan fingerprint density at radius 1 is 1.35 bits per heavy atom. The van der Waals surface area contributed by atoms with E-state index >= 15 is 0 Å². The van der Waals surface area contributed by atoms with Gasteiger partial charge in [-0.2, -0.15) is 0 Å². The number of hydrogen-bond donors (Lipinski definition) is 1. The molecule has 2 rings (SSSR count). The molecule has 0 saturated heterocycles. The van der Waals surface area contributed by atoms with Gasteiger partial charge in [-0.1, -0.05) is 28.9 Å². The molecule has 0 aliphatic heterocycles. The summed E-state index contributed by atoms with van der Waals surface area (Å²) in [7, 11) is 1.31. The minimum atomic E-state index is -0.500. The minimum absolute atomic E-state index is 0.0295. The molecule has 0 bridgehead atoms. The monoisotopic (exact) mass is 336 g/mol. The molecule has 1 N–H and O–H groups in total. The summed E-state index contributed by atoms with van der Waals surface area (Å²) in [5.74, 6) is -0.0405. The number of benzene rings is 1. The van der Waals surface area contributed by atoms with Gasteiger partial charge in [0.15, 0.2) is 0 Å². The summed E-state index contributed by atoms with van der Waals surface area (Å²) in [6.07, 6.45) is 0.102. The topological polar surface area (TPSA) is 81.4 Å². The van der Waals surface area contributed by atoms with Crippen molar-refractivity contribution in [1.82, 2.24) is 10.5 Å². The van der Waals surface area contributed by atoms with E-state index < -0.39 is 12.0 Å². The highest BCUT2D eigenvalue weighted by Gasteiger charge is 2.19. The van der Waals surface area contributed by atoms with Gasteiger partial charge in [0.25, 0.3) is 0 Å². The quantitative estimate of drug-likeness (QED) is 0.820. The van der Waals surface area contributed by atoms with Crippen LogP contribution in [-0.4, -0.2) is 24.1 Å². The van der Waals surface area contributed by atoms with Gasteiger partial charge in [0.1, 0.15) is 5.76 Å². The van der Waals surface area contributed by atoms with Crippen LogP contribution in [0.1, 0.15) is 29.5 Å². The second kappa shape index (κ2) is 7.78. The predicted molar refractivity (Wildman–Crippen MR) is 83.9 cm³/mol. The van der Waals surface area contributed by atoms with Gasteiger partial charge in [-0.25, -0.2) is 0 Å². The second-order valence-corrected chi connectivity index (χ2v) is 5.49. The van der Waals surface area contributed by atoms with Crippen molar-refractivity contribution in [2.24, 2.45) is 0 Å². The third-order valence-electron chi connectivity index (χ3n) is 3.22. The number of aromatic nitrogens is 1. The first-order valence-corrected chi connectivity index (χ1v) is 7.39. The third kappa shape index (κ3) is 5.10. The summed E-state index contributed by atoms with van der Waals surface area (Å²) in [4.78, 5) is 23.7. The van der Waals surface area contributed by atoms with Crippen molar-refractivity contribution in [3.05, 3.63) is 52.4 Å². The van der Waals surface area contributed by atoms with E-state index in [0.29, 0.717) is 16.5 Å². The molecule has 7 heteroatoms. The summed E-state index contributed by atoms with van der Waals surface area (Å²) in [5, 5.41) is 7.17. The summed E-state index contributed by atoms with van der Waals surface area (Å²) in [5.41, 5.74) is 1.30. The molecule has 0 radical (unpaired) electrons. The standard InChI is InChI=1S/C16H17ClN2O4/c1-10-7-13(19-23-10)8-15(20)18-14(9-16(21)22-2)11-3-5-12(17)6-4-11/h3-7,14H,8-9H2,1-2H3,(H,18,20)/t14-/m1/s1. The molecule has 1 amide bonds. The molecule has 1 aromatic carbocycles. The molecule has 1 atom stereocenters. The first-order chi connectivity index (χ1) is 11.0. The van der Waals surface area contributed by atoms with Crippen molar-refractivity contribution < 1.29 is 18.8 Å². The molecule has 0 fully saturated rings. The van der Waals surface area contributed by atoms with Gasteiger partial charge in [-0.05, 0) is 24.6 Å². The summed E-state index contributed by atoms with van der Waals surface area (Å²) < 4.78 is 9.62. The Kier molecular flexibility index (Phi) is 5.76. The molecule has 0 aliphatic rings. The number of ether oxygens (including phenoxy) is 1. The molecular weight excluding hydrogens is 320 g/mol. The lowest BCUT2D eigenvalue weighted by Crippen LogP contribution is -2.31. The fourth-order valence-corrected chi connectivity index (χ4v) is 2.23. The zero-order valence-electron chi connectivity index (χ0n) is 12.8. The number of amides is 1. The fourth-order valence-electron chi connectivity index (χ4n) is 2.11. The van der Waals surface area contributed by atoms with E-state index in [4.69, 9.17) is 16.1 Å². The largest absolute Gasteiger partial charge is 0.469 e. The van der Waals surface area contributed by atoms with Crippen LogP contribution in [0.15, 0.2) is 34.9 Å². The number of rotatable bonds is 6. The van der Waals surface area contributed by atoms with Crippen molar-refractivity contribution in [2.75, 3.05) is 7.11 Å². The smallest absolute Gasteiger partial charge is 0.307 e. The van der Waals surface area contributed by atoms with Crippen LogP contribution in [-0.2, 0) is 20.7 Å². The van der Waals surface area contributed by atoms with Crippen molar-refractivity contribution >= 4 is 23.5 Å². The first kappa shape index (κ1) is 17.0. The lowest BCUT2D eigenvalue weighted by atomic mass is 10.0. The van der Waals surface area contributed by atoms with Crippen molar-refractivity contribution in [3.8, 4) is 0 Å². The molecule has 122 valence electrons. The zero-order valence-corrected chi connectivity index (χ0v) is 13.6. The van der Waals surface area contributed by atoms with Crippen molar-refractivity contribution in [1.29, 1.82) is 0 Å². The van der Waals surface area contributed by atoms with Crippen LogP contribution in [0.3, 0.4) is 0 Å².